The number of nitrogens with zero attached hydrogens (tertiary/aromatic N) is 4. The van der Waals surface area contributed by atoms with E-state index in [9.17, 15) is 4.79 Å². The van der Waals surface area contributed by atoms with Gasteiger partial charge in [0.15, 0.2) is 0 Å². The average Bonchev–Trinajstić information content (AvgIpc) is 3.13. The van der Waals surface area contributed by atoms with Gasteiger partial charge in [-0.3, -0.25) is 9.48 Å². The smallest absolute Gasteiger partial charge is 0.258 e. The number of hydrogen-bond donors (Lipinski definition) is 0. The molecule has 1 aromatic heterocycles. The van der Waals surface area contributed by atoms with E-state index in [0.29, 0.717) is 5.56 Å². The number of carbonyl (C=O) groups excluding carboxylic acids is 1. The van der Waals surface area contributed by atoms with Crippen molar-refractivity contribution < 1.29 is 4.79 Å². The van der Waals surface area contributed by atoms with Gasteiger partial charge in [-0.2, -0.15) is 5.10 Å². The number of carbonyl (C=O) groups is 1. The van der Waals surface area contributed by atoms with Crippen molar-refractivity contribution in [2.24, 2.45) is 7.05 Å². The van der Waals surface area contributed by atoms with Gasteiger partial charge in [-0.15, -0.1) is 0 Å². The third kappa shape index (κ3) is 5.54. The number of aromatic nitrogens is 2. The van der Waals surface area contributed by atoms with E-state index in [1.165, 1.54) is 5.57 Å². The van der Waals surface area contributed by atoms with E-state index in [2.05, 4.69) is 44.9 Å². The Morgan fingerprint density at radius 2 is 1.70 bits per heavy atom. The van der Waals surface area contributed by atoms with E-state index >= 15 is 0 Å². The molecule has 2 rings (SSSR count). The van der Waals surface area contributed by atoms with Gasteiger partial charge in [-0.25, -0.2) is 0 Å². The van der Waals surface area contributed by atoms with Crippen molar-refractivity contribution in [3.8, 4) is 0 Å². The van der Waals surface area contributed by atoms with Gasteiger partial charge in [0.25, 0.3) is 5.91 Å². The summed E-state index contributed by atoms with van der Waals surface area (Å²) < 4.78 is 1.87. The summed E-state index contributed by atoms with van der Waals surface area (Å²) in [5.41, 5.74) is 7.94. The average molecular weight is 447 g/mol. The fraction of sp³-hybridized carbons (Fsp3) is 0.357. The topological polar surface area (TPSA) is 41.4 Å². The van der Waals surface area contributed by atoms with Gasteiger partial charge >= 0.3 is 0 Å². The predicted molar refractivity (Wildman–Crippen MR) is 141 cm³/mol. The molecule has 5 heteroatoms. The molecule has 1 heterocycles. The molecule has 1 amide bonds. The lowest BCUT2D eigenvalue weighted by Gasteiger charge is -2.21. The molecule has 0 atom stereocenters. The van der Waals surface area contributed by atoms with Crippen molar-refractivity contribution in [3.63, 3.8) is 0 Å². The SMILES string of the molecule is C=C/C(=C(\C)C/C=C(\C)c1nn(C)c2ccc(C(=O)N(C)/C(C=C)=C(\C)CC)cc12)N(C)C. The summed E-state index contributed by atoms with van der Waals surface area (Å²) in [6.07, 6.45) is 7.49. The normalized spacial score (nSPS) is 13.4. The molecular formula is C28H38N4O. The molecule has 5 nitrogen and oxygen atoms in total. The lowest BCUT2D eigenvalue weighted by Crippen LogP contribution is -2.26. The Morgan fingerprint density at radius 3 is 2.24 bits per heavy atom. The van der Waals surface area contributed by atoms with Crippen LogP contribution in [-0.2, 0) is 7.05 Å². The zero-order valence-corrected chi connectivity index (χ0v) is 21.5. The highest BCUT2D eigenvalue weighted by molar-refractivity contribution is 6.01. The van der Waals surface area contributed by atoms with Gasteiger partial charge in [0.2, 0.25) is 0 Å². The molecule has 1 aromatic carbocycles. The molecule has 0 radical (unpaired) electrons. The number of rotatable bonds is 9. The van der Waals surface area contributed by atoms with Gasteiger partial charge in [-0.1, -0.05) is 26.2 Å². The fourth-order valence-corrected chi connectivity index (χ4v) is 4.02. The Hall–Kier alpha value is -3.34. The Labute approximate surface area is 199 Å². The first kappa shape index (κ1) is 25.9. The monoisotopic (exact) mass is 446 g/mol. The van der Waals surface area contributed by atoms with Crippen molar-refractivity contribution in [1.29, 1.82) is 0 Å². The molecule has 33 heavy (non-hydrogen) atoms. The van der Waals surface area contributed by atoms with Crippen LogP contribution in [0, 0.1) is 0 Å². The quantitative estimate of drug-likeness (QED) is 0.423. The zero-order valence-electron chi connectivity index (χ0n) is 21.5. The Bertz CT molecular complexity index is 1160. The summed E-state index contributed by atoms with van der Waals surface area (Å²) >= 11 is 0. The third-order valence-electron chi connectivity index (χ3n) is 6.12. The Kier molecular flexibility index (Phi) is 8.63. The van der Waals surface area contributed by atoms with Gasteiger partial charge in [0, 0.05) is 50.5 Å². The molecule has 0 aliphatic heterocycles. The standard InChI is InChI=1S/C28H38N4O/c1-11-19(4)25(13-3)31(9)28(33)22-16-17-26-23(18-22)27(29-32(26)10)21(6)15-14-20(5)24(12-2)30(7)8/h12-13,15-18H,2-3,11,14H2,1,4-10H3/b21-15+,24-20-,25-19+. The molecule has 0 bridgehead atoms. The van der Waals surface area contributed by atoms with Crippen LogP contribution in [0.25, 0.3) is 16.5 Å². The van der Waals surface area contributed by atoms with Crippen molar-refractivity contribution in [2.75, 3.05) is 21.1 Å². The summed E-state index contributed by atoms with van der Waals surface area (Å²) in [6, 6.07) is 5.79. The van der Waals surface area contributed by atoms with Gasteiger partial charge < -0.3 is 9.80 Å². The molecule has 2 aromatic rings. The summed E-state index contributed by atoms with van der Waals surface area (Å²) in [7, 11) is 7.78. The van der Waals surface area contributed by atoms with E-state index < -0.39 is 0 Å². The van der Waals surface area contributed by atoms with Crippen LogP contribution in [0.3, 0.4) is 0 Å². The lowest BCUT2D eigenvalue weighted by molar-refractivity contribution is 0.0839. The maximum Gasteiger partial charge on any atom is 0.258 e. The minimum absolute atomic E-state index is 0.0589. The molecular weight excluding hydrogens is 408 g/mol. The molecule has 0 aliphatic rings. The van der Waals surface area contributed by atoms with Crippen LogP contribution >= 0.6 is 0 Å². The van der Waals surface area contributed by atoms with Crippen LogP contribution < -0.4 is 0 Å². The lowest BCUT2D eigenvalue weighted by atomic mass is 10.0. The van der Waals surface area contributed by atoms with Crippen molar-refractivity contribution in [1.82, 2.24) is 19.6 Å². The first-order chi connectivity index (χ1) is 15.6. The van der Waals surface area contributed by atoms with Crippen LogP contribution in [0.15, 0.2) is 72.1 Å². The molecule has 0 N–H and O–H groups in total. The van der Waals surface area contributed by atoms with Gasteiger partial charge in [0.1, 0.15) is 0 Å². The predicted octanol–water partition coefficient (Wildman–Crippen LogP) is 6.33. The molecule has 0 aliphatic carbocycles. The van der Waals surface area contributed by atoms with Crippen LogP contribution in [-0.4, -0.2) is 46.6 Å². The van der Waals surface area contributed by atoms with E-state index in [1.54, 1.807) is 18.0 Å². The highest BCUT2D eigenvalue weighted by atomic mass is 16.2. The number of benzene rings is 1. The summed E-state index contributed by atoms with van der Waals surface area (Å²) in [5.74, 6) is -0.0589. The van der Waals surface area contributed by atoms with Crippen molar-refractivity contribution in [3.05, 3.63) is 83.4 Å². The van der Waals surface area contributed by atoms with Gasteiger partial charge in [-0.05, 0) is 80.7 Å². The minimum atomic E-state index is -0.0589. The van der Waals surface area contributed by atoms with Crippen molar-refractivity contribution >= 4 is 22.4 Å². The number of amides is 1. The molecule has 0 unspecified atom stereocenters. The van der Waals surface area contributed by atoms with E-state index in [4.69, 9.17) is 5.10 Å². The van der Waals surface area contributed by atoms with Crippen LogP contribution in [0.2, 0.25) is 0 Å². The maximum atomic E-state index is 13.3. The second-order valence-electron chi connectivity index (χ2n) is 8.65. The third-order valence-corrected chi connectivity index (χ3v) is 6.12. The largest absolute Gasteiger partial charge is 0.378 e. The number of aryl methyl sites for hydroxylation is 1. The van der Waals surface area contributed by atoms with E-state index in [0.717, 1.165) is 52.0 Å². The molecule has 176 valence electrons. The molecule has 0 fully saturated rings. The van der Waals surface area contributed by atoms with Crippen LogP contribution in [0.4, 0.5) is 0 Å². The highest BCUT2D eigenvalue weighted by Gasteiger charge is 2.18. The number of hydrogen-bond acceptors (Lipinski definition) is 3. The second-order valence-corrected chi connectivity index (χ2v) is 8.65. The van der Waals surface area contributed by atoms with Crippen LogP contribution in [0.5, 0.6) is 0 Å². The fourth-order valence-electron chi connectivity index (χ4n) is 4.02. The maximum absolute atomic E-state index is 13.3. The van der Waals surface area contributed by atoms with Crippen LogP contribution in [0.1, 0.15) is 56.6 Å². The van der Waals surface area contributed by atoms with E-state index in [-0.39, 0.29) is 5.91 Å². The summed E-state index contributed by atoms with van der Waals surface area (Å²) in [5, 5.41) is 5.73. The number of likely N-dealkylation sites (N-methyl/N-ethyl adjacent to an activating group) is 2. The first-order valence-corrected chi connectivity index (χ1v) is 11.3. The summed E-state index contributed by atoms with van der Waals surface area (Å²) in [4.78, 5) is 17.0. The molecule has 0 saturated heterocycles. The van der Waals surface area contributed by atoms with Crippen molar-refractivity contribution in [2.45, 2.75) is 40.5 Å². The highest BCUT2D eigenvalue weighted by Crippen LogP contribution is 2.27. The molecule has 0 spiro atoms. The molecule has 0 saturated carbocycles. The van der Waals surface area contributed by atoms with Gasteiger partial charge in [0.05, 0.1) is 11.2 Å². The minimum Gasteiger partial charge on any atom is -0.378 e. The Balaban J connectivity index is 2.49. The second kappa shape index (κ2) is 11.0. The number of allylic oxidation sites excluding steroid dienone is 6. The Morgan fingerprint density at radius 1 is 1.06 bits per heavy atom. The summed E-state index contributed by atoms with van der Waals surface area (Å²) in [6.45, 7) is 16.1. The zero-order chi connectivity index (χ0) is 24.9. The first-order valence-electron chi connectivity index (χ1n) is 11.3. The van der Waals surface area contributed by atoms with E-state index in [1.807, 2.05) is 57.0 Å². The number of fused-ring (bicyclic) bond motifs is 1.